The van der Waals surface area contributed by atoms with Crippen LogP contribution in [0.4, 0.5) is 11.8 Å². The Morgan fingerprint density at radius 3 is 2.81 bits per heavy atom. The Labute approximate surface area is 207 Å². The molecule has 2 aliphatic carbocycles. The van der Waals surface area contributed by atoms with Gasteiger partial charge in [0.15, 0.2) is 17.0 Å². The average molecular weight is 513 g/mol. The van der Waals surface area contributed by atoms with Crippen LogP contribution in [0.25, 0.3) is 17.4 Å². The van der Waals surface area contributed by atoms with E-state index in [1.807, 2.05) is 12.3 Å². The van der Waals surface area contributed by atoms with Crippen LogP contribution in [0.15, 0.2) is 42.2 Å². The minimum absolute atomic E-state index is 0.0219. The maximum absolute atomic E-state index is 13.5. The van der Waals surface area contributed by atoms with Crippen molar-refractivity contribution >= 4 is 42.8 Å². The standard InChI is InChI=1S/C23H28N7O5P/c1-14(22(31)33-2)29-36(32,35-18-6-4-3-5-7-18)34-12-16-10-15(16)11-30-13-25-19-20(26-17-8-9-17)27-23(24)28-21(19)30/h3-7,11,13-14,16-17H,8-10,12H2,1-2H3,(H,29,32)(H3,24,26,27,28)/b15-11-/t14-,16?,36?/m0/s1. The summed E-state index contributed by atoms with van der Waals surface area (Å²) in [5.41, 5.74) is 8.25. The number of benzene rings is 1. The fraction of sp³-hybridized carbons (Fsp3) is 0.391. The number of hydrogen-bond acceptors (Lipinski definition) is 10. The Hall–Kier alpha value is -3.47. The smallest absolute Gasteiger partial charge is 0.459 e. The number of imidazole rings is 1. The van der Waals surface area contributed by atoms with E-state index in [-0.39, 0.29) is 18.5 Å². The Morgan fingerprint density at radius 1 is 1.31 bits per heavy atom. The summed E-state index contributed by atoms with van der Waals surface area (Å²) in [7, 11) is -2.62. The molecule has 0 saturated heterocycles. The van der Waals surface area contributed by atoms with Crippen molar-refractivity contribution in [2.75, 3.05) is 24.8 Å². The number of nitrogens with zero attached hydrogens (tertiary/aromatic N) is 4. The average Bonchev–Trinajstić information content (AvgIpc) is 3.77. The van der Waals surface area contributed by atoms with Gasteiger partial charge in [-0.2, -0.15) is 15.1 Å². The number of carbonyl (C=O) groups is 1. The van der Waals surface area contributed by atoms with Gasteiger partial charge in [0.25, 0.3) is 0 Å². The molecule has 5 rings (SSSR count). The van der Waals surface area contributed by atoms with E-state index in [0.717, 1.165) is 24.8 Å². The van der Waals surface area contributed by atoms with Crippen LogP contribution in [0.3, 0.4) is 0 Å². The Bertz CT molecular complexity index is 1340. The molecule has 4 N–H and O–H groups in total. The summed E-state index contributed by atoms with van der Waals surface area (Å²) in [4.78, 5) is 25.0. The van der Waals surface area contributed by atoms with Gasteiger partial charge < -0.3 is 20.3 Å². The van der Waals surface area contributed by atoms with Gasteiger partial charge in [-0.1, -0.05) is 18.2 Å². The normalized spacial score (nSPS) is 20.6. The van der Waals surface area contributed by atoms with Crippen molar-refractivity contribution < 1.29 is 23.1 Å². The summed E-state index contributed by atoms with van der Waals surface area (Å²) in [5.74, 6) is 0.610. The summed E-state index contributed by atoms with van der Waals surface area (Å²) in [6, 6.07) is 8.15. The van der Waals surface area contributed by atoms with Gasteiger partial charge in [0.05, 0.1) is 13.7 Å². The van der Waals surface area contributed by atoms with Crippen LogP contribution in [-0.4, -0.2) is 51.3 Å². The van der Waals surface area contributed by atoms with Crippen LogP contribution in [-0.2, 0) is 18.6 Å². The number of nitrogens with one attached hydrogen (secondary N) is 2. The lowest BCUT2D eigenvalue weighted by atomic mass is 10.3. The Kier molecular flexibility index (Phi) is 6.65. The predicted octanol–water partition coefficient (Wildman–Crippen LogP) is 3.20. The molecule has 0 spiro atoms. The summed E-state index contributed by atoms with van der Waals surface area (Å²) in [6.45, 7) is 1.66. The number of nitrogens with two attached hydrogens (primary N) is 1. The maximum atomic E-state index is 13.5. The van der Waals surface area contributed by atoms with Gasteiger partial charge in [-0.3, -0.25) is 13.9 Å². The number of fused-ring (bicyclic) bond motifs is 1. The van der Waals surface area contributed by atoms with Crippen molar-refractivity contribution in [3.8, 4) is 5.75 Å². The monoisotopic (exact) mass is 513 g/mol. The van der Waals surface area contributed by atoms with E-state index in [1.54, 1.807) is 35.2 Å². The van der Waals surface area contributed by atoms with Gasteiger partial charge in [0.1, 0.15) is 18.1 Å². The van der Waals surface area contributed by atoms with E-state index < -0.39 is 19.8 Å². The lowest BCUT2D eigenvalue weighted by Crippen LogP contribution is -2.34. The summed E-state index contributed by atoms with van der Waals surface area (Å²) in [5, 5.41) is 6.00. The third kappa shape index (κ3) is 5.67. The second-order valence-electron chi connectivity index (χ2n) is 8.85. The molecule has 0 radical (unpaired) electrons. The molecule has 0 amide bonds. The number of esters is 1. The van der Waals surface area contributed by atoms with Crippen LogP contribution in [0.2, 0.25) is 0 Å². The van der Waals surface area contributed by atoms with Crippen molar-refractivity contribution in [1.82, 2.24) is 24.6 Å². The Balaban J connectivity index is 1.28. The van der Waals surface area contributed by atoms with Crippen molar-refractivity contribution in [1.29, 1.82) is 0 Å². The minimum atomic E-state index is -3.88. The number of methoxy groups -OCH3 is 1. The molecule has 3 aromatic rings. The predicted molar refractivity (Wildman–Crippen MR) is 134 cm³/mol. The lowest BCUT2D eigenvalue weighted by molar-refractivity contribution is -0.142. The van der Waals surface area contributed by atoms with E-state index in [0.29, 0.717) is 28.8 Å². The molecule has 0 aliphatic heterocycles. The highest BCUT2D eigenvalue weighted by molar-refractivity contribution is 7.52. The molecule has 2 aromatic heterocycles. The van der Waals surface area contributed by atoms with Crippen molar-refractivity contribution in [3.63, 3.8) is 0 Å². The molecule has 3 atom stereocenters. The third-order valence-electron chi connectivity index (χ3n) is 5.83. The highest BCUT2D eigenvalue weighted by Crippen LogP contribution is 2.48. The number of anilines is 2. The fourth-order valence-corrected chi connectivity index (χ4v) is 5.18. The van der Waals surface area contributed by atoms with Gasteiger partial charge in [0.2, 0.25) is 5.95 Å². The molecule has 2 fully saturated rings. The van der Waals surface area contributed by atoms with Gasteiger partial charge in [-0.05, 0) is 43.9 Å². The van der Waals surface area contributed by atoms with Gasteiger partial charge in [-0.15, -0.1) is 0 Å². The summed E-state index contributed by atoms with van der Waals surface area (Å²) in [6.07, 6.45) is 6.53. The number of ether oxygens (including phenoxy) is 1. The summed E-state index contributed by atoms with van der Waals surface area (Å²) >= 11 is 0. The van der Waals surface area contributed by atoms with Gasteiger partial charge in [0, 0.05) is 18.2 Å². The van der Waals surface area contributed by atoms with E-state index in [2.05, 4.69) is 25.4 Å². The highest BCUT2D eigenvalue weighted by Gasteiger charge is 2.37. The first-order valence-corrected chi connectivity index (χ1v) is 13.2. The zero-order valence-electron chi connectivity index (χ0n) is 20.0. The van der Waals surface area contributed by atoms with E-state index in [9.17, 15) is 9.36 Å². The quantitative estimate of drug-likeness (QED) is 0.256. The molecular formula is C23H28N7O5P. The zero-order chi connectivity index (χ0) is 25.3. The molecule has 2 saturated carbocycles. The van der Waals surface area contributed by atoms with Crippen molar-refractivity contribution in [2.45, 2.75) is 38.3 Å². The first-order valence-electron chi connectivity index (χ1n) is 11.7. The molecule has 2 heterocycles. The molecule has 13 heteroatoms. The van der Waals surface area contributed by atoms with E-state index >= 15 is 0 Å². The number of aromatic nitrogens is 4. The molecular weight excluding hydrogens is 485 g/mol. The number of hydrogen-bond donors (Lipinski definition) is 3. The zero-order valence-corrected chi connectivity index (χ0v) is 20.9. The number of nitrogen functional groups attached to an aromatic ring is 1. The molecule has 2 unspecified atom stereocenters. The third-order valence-corrected chi connectivity index (χ3v) is 7.47. The topological polar surface area (TPSA) is 156 Å². The van der Waals surface area contributed by atoms with Crippen LogP contribution >= 0.6 is 7.75 Å². The van der Waals surface area contributed by atoms with Crippen LogP contribution < -0.4 is 20.7 Å². The molecule has 36 heavy (non-hydrogen) atoms. The largest absolute Gasteiger partial charge is 0.468 e. The van der Waals surface area contributed by atoms with Crippen LogP contribution in [0.1, 0.15) is 26.2 Å². The highest BCUT2D eigenvalue weighted by atomic mass is 31.2. The second kappa shape index (κ2) is 9.88. The second-order valence-corrected chi connectivity index (χ2v) is 10.5. The first kappa shape index (κ1) is 24.2. The van der Waals surface area contributed by atoms with Gasteiger partial charge in [-0.25, -0.2) is 9.55 Å². The number of rotatable bonds is 11. The fourth-order valence-electron chi connectivity index (χ4n) is 3.64. The lowest BCUT2D eigenvalue weighted by Gasteiger charge is -2.22. The van der Waals surface area contributed by atoms with Gasteiger partial charge >= 0.3 is 13.7 Å². The van der Waals surface area contributed by atoms with E-state index in [4.69, 9.17) is 19.5 Å². The number of para-hydroxylation sites is 1. The van der Waals surface area contributed by atoms with E-state index in [1.165, 1.54) is 14.0 Å². The molecule has 12 nitrogen and oxygen atoms in total. The molecule has 1 aromatic carbocycles. The molecule has 2 aliphatic rings. The van der Waals surface area contributed by atoms with Crippen LogP contribution in [0.5, 0.6) is 5.75 Å². The minimum Gasteiger partial charge on any atom is -0.468 e. The first-order chi connectivity index (χ1) is 17.3. The van der Waals surface area contributed by atoms with Crippen molar-refractivity contribution in [2.24, 2.45) is 5.92 Å². The maximum Gasteiger partial charge on any atom is 0.459 e. The molecule has 0 bridgehead atoms. The Morgan fingerprint density at radius 2 is 2.08 bits per heavy atom. The SMILES string of the molecule is COC(=O)[C@H](C)NP(=O)(OCC1C/C1=C/n1cnc2c(NC3CC3)nc(N)nc21)Oc1ccccc1. The molecule has 190 valence electrons. The van der Waals surface area contributed by atoms with Crippen LogP contribution in [0, 0.1) is 5.92 Å². The number of carbonyl (C=O) groups excluding carboxylic acids is 1. The van der Waals surface area contributed by atoms with Crippen molar-refractivity contribution in [3.05, 3.63) is 42.2 Å². The summed E-state index contributed by atoms with van der Waals surface area (Å²) < 4.78 is 31.4.